The summed E-state index contributed by atoms with van der Waals surface area (Å²) in [4.78, 5) is 7.01. The average Bonchev–Trinajstić information content (AvgIpc) is 3.14. The van der Waals surface area contributed by atoms with Gasteiger partial charge in [-0.25, -0.2) is 4.99 Å². The molecule has 1 aromatic heterocycles. The first kappa shape index (κ1) is 17.5. The van der Waals surface area contributed by atoms with E-state index >= 15 is 0 Å². The second-order valence-corrected chi connectivity index (χ2v) is 5.79. The number of hydrogen-bond donors (Lipinski definition) is 1. The molecule has 1 atom stereocenters. The Morgan fingerprint density at radius 1 is 1.52 bits per heavy atom. The summed E-state index contributed by atoms with van der Waals surface area (Å²) < 4.78 is 7.52. The molecule has 0 saturated carbocycles. The van der Waals surface area contributed by atoms with Gasteiger partial charge in [-0.2, -0.15) is 0 Å². The van der Waals surface area contributed by atoms with Crippen LogP contribution in [0.2, 0.25) is 0 Å². The number of guanidine groups is 1. The standard InChI is InChI=1S/C16H28N6O/c1-5-8-17-16(18-10-15-20-19-13(3)21(15)4)22-9-7-14(11-22)12-23-6-2/h5,14H,1,6-12H2,2-4H3,(H,17,18). The van der Waals surface area contributed by atoms with Crippen LogP contribution >= 0.6 is 0 Å². The first-order valence-corrected chi connectivity index (χ1v) is 8.22. The summed E-state index contributed by atoms with van der Waals surface area (Å²) in [6.07, 6.45) is 2.98. The van der Waals surface area contributed by atoms with Crippen molar-refractivity contribution in [2.75, 3.05) is 32.8 Å². The molecule has 2 heterocycles. The van der Waals surface area contributed by atoms with E-state index in [1.54, 1.807) is 0 Å². The van der Waals surface area contributed by atoms with Crippen molar-refractivity contribution in [2.45, 2.75) is 26.8 Å². The Morgan fingerprint density at radius 2 is 2.35 bits per heavy atom. The molecule has 1 aliphatic rings. The van der Waals surface area contributed by atoms with Gasteiger partial charge in [0.15, 0.2) is 11.8 Å². The molecule has 1 unspecified atom stereocenters. The maximum atomic E-state index is 5.55. The number of aromatic nitrogens is 3. The van der Waals surface area contributed by atoms with Crippen molar-refractivity contribution in [1.82, 2.24) is 25.0 Å². The maximum Gasteiger partial charge on any atom is 0.194 e. The van der Waals surface area contributed by atoms with Crippen LogP contribution in [0.3, 0.4) is 0 Å². The summed E-state index contributed by atoms with van der Waals surface area (Å²) in [6.45, 7) is 12.5. The van der Waals surface area contributed by atoms with Crippen LogP contribution in [0.4, 0.5) is 0 Å². The van der Waals surface area contributed by atoms with Crippen molar-refractivity contribution >= 4 is 5.96 Å². The van der Waals surface area contributed by atoms with Crippen LogP contribution in [0.15, 0.2) is 17.6 Å². The van der Waals surface area contributed by atoms with E-state index < -0.39 is 0 Å². The van der Waals surface area contributed by atoms with E-state index in [0.717, 1.165) is 50.3 Å². The number of aryl methyl sites for hydroxylation is 1. The van der Waals surface area contributed by atoms with Gasteiger partial charge >= 0.3 is 0 Å². The summed E-state index contributed by atoms with van der Waals surface area (Å²) in [6, 6.07) is 0. The molecule has 1 aliphatic heterocycles. The number of aliphatic imine (C=N–C) groups is 1. The van der Waals surface area contributed by atoms with E-state index in [-0.39, 0.29) is 0 Å². The van der Waals surface area contributed by atoms with Crippen molar-refractivity contribution < 1.29 is 4.74 Å². The van der Waals surface area contributed by atoms with E-state index in [1.165, 1.54) is 0 Å². The number of likely N-dealkylation sites (tertiary alicyclic amines) is 1. The number of rotatable bonds is 7. The molecular weight excluding hydrogens is 292 g/mol. The topological polar surface area (TPSA) is 67.6 Å². The van der Waals surface area contributed by atoms with E-state index in [1.807, 2.05) is 31.5 Å². The molecule has 7 heteroatoms. The first-order valence-electron chi connectivity index (χ1n) is 8.22. The van der Waals surface area contributed by atoms with E-state index in [2.05, 4.69) is 27.0 Å². The highest BCUT2D eigenvalue weighted by atomic mass is 16.5. The van der Waals surface area contributed by atoms with Crippen molar-refractivity contribution in [3.05, 3.63) is 24.3 Å². The molecule has 0 spiro atoms. The average molecular weight is 320 g/mol. The van der Waals surface area contributed by atoms with E-state index in [0.29, 0.717) is 19.0 Å². The molecule has 2 rings (SSSR count). The lowest BCUT2D eigenvalue weighted by Gasteiger charge is -2.21. The Labute approximate surface area is 138 Å². The predicted octanol–water partition coefficient (Wildman–Crippen LogP) is 1.11. The minimum absolute atomic E-state index is 0.517. The quantitative estimate of drug-likeness (QED) is 0.463. The number of nitrogens with zero attached hydrogens (tertiary/aromatic N) is 5. The summed E-state index contributed by atoms with van der Waals surface area (Å²) in [5.41, 5.74) is 0. The zero-order valence-corrected chi connectivity index (χ0v) is 14.5. The maximum absolute atomic E-state index is 5.55. The van der Waals surface area contributed by atoms with Crippen molar-refractivity contribution in [3.63, 3.8) is 0 Å². The van der Waals surface area contributed by atoms with Crippen molar-refractivity contribution in [1.29, 1.82) is 0 Å². The highest BCUT2D eigenvalue weighted by Crippen LogP contribution is 2.17. The molecule has 0 amide bonds. The van der Waals surface area contributed by atoms with Crippen LogP contribution in [0.25, 0.3) is 0 Å². The minimum atomic E-state index is 0.517. The highest BCUT2D eigenvalue weighted by Gasteiger charge is 2.25. The minimum Gasteiger partial charge on any atom is -0.381 e. The Morgan fingerprint density at radius 3 is 3.00 bits per heavy atom. The van der Waals surface area contributed by atoms with Gasteiger partial charge in [-0.3, -0.25) is 0 Å². The van der Waals surface area contributed by atoms with Gasteiger partial charge in [0.25, 0.3) is 0 Å². The molecule has 1 aromatic rings. The van der Waals surface area contributed by atoms with Crippen molar-refractivity contribution in [3.8, 4) is 0 Å². The molecule has 1 saturated heterocycles. The molecule has 0 aromatic carbocycles. The summed E-state index contributed by atoms with van der Waals surface area (Å²) in [5, 5.41) is 11.6. The van der Waals surface area contributed by atoms with E-state index in [4.69, 9.17) is 9.73 Å². The fourth-order valence-corrected chi connectivity index (χ4v) is 2.61. The molecule has 7 nitrogen and oxygen atoms in total. The largest absolute Gasteiger partial charge is 0.381 e. The predicted molar refractivity (Wildman–Crippen MR) is 91.3 cm³/mol. The Balaban J connectivity index is 2.00. The van der Waals surface area contributed by atoms with Crippen molar-refractivity contribution in [2.24, 2.45) is 18.0 Å². The van der Waals surface area contributed by atoms with Crippen LogP contribution in [0, 0.1) is 12.8 Å². The molecule has 0 bridgehead atoms. The molecule has 1 fully saturated rings. The molecule has 0 aliphatic carbocycles. The number of nitrogens with one attached hydrogen (secondary N) is 1. The molecular formula is C16H28N6O. The lowest BCUT2D eigenvalue weighted by atomic mass is 10.1. The van der Waals surface area contributed by atoms with Gasteiger partial charge < -0.3 is 19.5 Å². The van der Waals surface area contributed by atoms with E-state index in [9.17, 15) is 0 Å². The van der Waals surface area contributed by atoms with Crippen LogP contribution in [-0.2, 0) is 18.3 Å². The van der Waals surface area contributed by atoms with Crippen LogP contribution < -0.4 is 5.32 Å². The van der Waals surface area contributed by atoms with Gasteiger partial charge in [0.2, 0.25) is 0 Å². The van der Waals surface area contributed by atoms with Gasteiger partial charge in [0, 0.05) is 39.2 Å². The summed E-state index contributed by atoms with van der Waals surface area (Å²) >= 11 is 0. The summed E-state index contributed by atoms with van der Waals surface area (Å²) in [5.74, 6) is 3.24. The van der Waals surface area contributed by atoms with Gasteiger partial charge in [-0.15, -0.1) is 16.8 Å². The summed E-state index contributed by atoms with van der Waals surface area (Å²) in [7, 11) is 1.96. The molecule has 128 valence electrons. The Hall–Kier alpha value is -1.89. The fraction of sp³-hybridized carbons (Fsp3) is 0.688. The monoisotopic (exact) mass is 320 g/mol. The number of ether oxygens (including phenoxy) is 1. The number of hydrogen-bond acceptors (Lipinski definition) is 4. The van der Waals surface area contributed by atoms with Gasteiger partial charge in [-0.1, -0.05) is 6.08 Å². The van der Waals surface area contributed by atoms with Gasteiger partial charge in [-0.05, 0) is 20.3 Å². The third kappa shape index (κ3) is 4.79. The highest BCUT2D eigenvalue weighted by molar-refractivity contribution is 5.80. The molecule has 0 radical (unpaired) electrons. The normalized spacial score (nSPS) is 18.5. The van der Waals surface area contributed by atoms with Gasteiger partial charge in [0.1, 0.15) is 12.4 Å². The SMILES string of the molecule is C=CCNC(=NCc1nnc(C)n1C)N1CCC(COCC)C1. The van der Waals surface area contributed by atoms with Crippen LogP contribution in [0.5, 0.6) is 0 Å². The van der Waals surface area contributed by atoms with Gasteiger partial charge in [0.05, 0.1) is 6.61 Å². The van der Waals surface area contributed by atoms with Crippen LogP contribution in [-0.4, -0.2) is 58.5 Å². The lowest BCUT2D eigenvalue weighted by molar-refractivity contribution is 0.114. The molecule has 23 heavy (non-hydrogen) atoms. The first-order chi connectivity index (χ1) is 11.2. The third-order valence-corrected chi connectivity index (χ3v) is 4.10. The zero-order chi connectivity index (χ0) is 16.7. The second kappa shape index (κ2) is 8.67. The lowest BCUT2D eigenvalue weighted by Crippen LogP contribution is -2.40. The Bertz CT molecular complexity index is 539. The fourth-order valence-electron chi connectivity index (χ4n) is 2.61. The third-order valence-electron chi connectivity index (χ3n) is 4.10. The second-order valence-electron chi connectivity index (χ2n) is 5.79. The zero-order valence-electron chi connectivity index (χ0n) is 14.5. The smallest absolute Gasteiger partial charge is 0.194 e. The van der Waals surface area contributed by atoms with Crippen LogP contribution in [0.1, 0.15) is 25.0 Å². The molecule has 1 N–H and O–H groups in total. The Kier molecular flexibility index (Phi) is 6.58.